The Bertz CT molecular complexity index is 489. The summed E-state index contributed by atoms with van der Waals surface area (Å²) in [6.45, 7) is 6.53. The zero-order valence-corrected chi connectivity index (χ0v) is 12.9. The van der Waals surface area contributed by atoms with Crippen LogP contribution in [-0.2, 0) is 16.1 Å². The van der Waals surface area contributed by atoms with Gasteiger partial charge in [0.15, 0.2) is 0 Å². The normalized spacial score (nSPS) is 10.5. The molecule has 0 spiro atoms. The molecule has 21 heavy (non-hydrogen) atoms. The predicted molar refractivity (Wildman–Crippen MR) is 80.0 cm³/mol. The standard InChI is InChI=1S/C16H23FN2O2/c1-12(2)10-18-16(21)8-9-19(13(3)20)11-14-6-4-5-7-15(14)17/h4-7,12H,8-11H2,1-3H3,(H,18,21). The van der Waals surface area contributed by atoms with Gasteiger partial charge in [0.2, 0.25) is 11.8 Å². The third-order valence-corrected chi connectivity index (χ3v) is 3.08. The lowest BCUT2D eigenvalue weighted by molar-refractivity contribution is -0.130. The first-order chi connectivity index (χ1) is 9.90. The Kier molecular flexibility index (Phi) is 6.85. The van der Waals surface area contributed by atoms with Crippen molar-refractivity contribution in [2.75, 3.05) is 13.1 Å². The lowest BCUT2D eigenvalue weighted by Gasteiger charge is -2.21. The maximum absolute atomic E-state index is 13.6. The van der Waals surface area contributed by atoms with Crippen molar-refractivity contribution in [3.8, 4) is 0 Å². The molecular weight excluding hydrogens is 271 g/mol. The van der Waals surface area contributed by atoms with Crippen LogP contribution in [0, 0.1) is 11.7 Å². The molecule has 4 nitrogen and oxygen atoms in total. The summed E-state index contributed by atoms with van der Waals surface area (Å²) in [6, 6.07) is 6.34. The maximum atomic E-state index is 13.6. The fourth-order valence-electron chi connectivity index (χ4n) is 1.82. The van der Waals surface area contributed by atoms with Crippen LogP contribution in [0.5, 0.6) is 0 Å². The summed E-state index contributed by atoms with van der Waals surface area (Å²) >= 11 is 0. The molecule has 1 rings (SSSR count). The predicted octanol–water partition coefficient (Wildman–Crippen LogP) is 2.34. The van der Waals surface area contributed by atoms with Crippen LogP contribution in [0.3, 0.4) is 0 Å². The average Bonchev–Trinajstić information content (AvgIpc) is 2.42. The van der Waals surface area contributed by atoms with E-state index < -0.39 is 0 Å². The summed E-state index contributed by atoms with van der Waals surface area (Å²) in [7, 11) is 0. The second-order valence-corrected chi connectivity index (χ2v) is 5.48. The van der Waals surface area contributed by atoms with Crippen molar-refractivity contribution in [2.24, 2.45) is 5.92 Å². The Balaban J connectivity index is 2.53. The second-order valence-electron chi connectivity index (χ2n) is 5.48. The second kappa shape index (κ2) is 8.39. The van der Waals surface area contributed by atoms with Gasteiger partial charge in [-0.1, -0.05) is 32.0 Å². The van der Waals surface area contributed by atoms with Crippen LogP contribution in [0.4, 0.5) is 4.39 Å². The molecule has 0 aromatic heterocycles. The van der Waals surface area contributed by atoms with Crippen molar-refractivity contribution in [1.29, 1.82) is 0 Å². The van der Waals surface area contributed by atoms with E-state index in [1.165, 1.54) is 17.9 Å². The number of halogens is 1. The topological polar surface area (TPSA) is 49.4 Å². The monoisotopic (exact) mass is 294 g/mol. The van der Waals surface area contributed by atoms with E-state index in [2.05, 4.69) is 5.32 Å². The minimum atomic E-state index is -0.340. The van der Waals surface area contributed by atoms with Gasteiger partial charge in [0, 0.05) is 38.5 Å². The van der Waals surface area contributed by atoms with Crippen LogP contribution in [0.1, 0.15) is 32.8 Å². The summed E-state index contributed by atoms with van der Waals surface area (Å²) < 4.78 is 13.6. The third-order valence-electron chi connectivity index (χ3n) is 3.08. The van der Waals surface area contributed by atoms with Crippen molar-refractivity contribution in [1.82, 2.24) is 10.2 Å². The zero-order valence-electron chi connectivity index (χ0n) is 12.9. The highest BCUT2D eigenvalue weighted by Gasteiger charge is 2.13. The number of carbonyl (C=O) groups is 2. The van der Waals surface area contributed by atoms with Gasteiger partial charge in [0.05, 0.1) is 0 Å². The first kappa shape index (κ1) is 17.1. The average molecular weight is 294 g/mol. The Labute approximate surface area is 125 Å². The Morgan fingerprint density at radius 3 is 2.52 bits per heavy atom. The van der Waals surface area contributed by atoms with E-state index >= 15 is 0 Å². The molecule has 0 heterocycles. The molecule has 0 saturated heterocycles. The maximum Gasteiger partial charge on any atom is 0.221 e. The Morgan fingerprint density at radius 2 is 1.95 bits per heavy atom. The smallest absolute Gasteiger partial charge is 0.221 e. The van der Waals surface area contributed by atoms with Gasteiger partial charge >= 0.3 is 0 Å². The fourth-order valence-corrected chi connectivity index (χ4v) is 1.82. The van der Waals surface area contributed by atoms with Crippen molar-refractivity contribution in [2.45, 2.75) is 33.7 Å². The van der Waals surface area contributed by atoms with Gasteiger partial charge in [-0.2, -0.15) is 0 Å². The van der Waals surface area contributed by atoms with Crippen LogP contribution >= 0.6 is 0 Å². The van der Waals surface area contributed by atoms with Crippen LogP contribution < -0.4 is 5.32 Å². The number of amides is 2. The van der Waals surface area contributed by atoms with E-state index in [1.807, 2.05) is 13.8 Å². The van der Waals surface area contributed by atoms with Gasteiger partial charge in [-0.25, -0.2) is 4.39 Å². The molecule has 0 atom stereocenters. The molecule has 0 saturated carbocycles. The summed E-state index contributed by atoms with van der Waals surface area (Å²) in [5.74, 6) is -0.220. The summed E-state index contributed by atoms with van der Waals surface area (Å²) in [6.07, 6.45) is 0.223. The molecule has 0 bridgehead atoms. The molecule has 0 unspecified atom stereocenters. The first-order valence-electron chi connectivity index (χ1n) is 7.15. The van der Waals surface area contributed by atoms with Crippen molar-refractivity contribution in [3.63, 3.8) is 0 Å². The van der Waals surface area contributed by atoms with E-state index in [1.54, 1.807) is 18.2 Å². The quantitative estimate of drug-likeness (QED) is 0.839. The number of rotatable bonds is 7. The Hall–Kier alpha value is -1.91. The molecule has 0 fully saturated rings. The molecule has 5 heteroatoms. The molecule has 0 radical (unpaired) electrons. The van der Waals surface area contributed by atoms with Crippen LogP contribution in [0.15, 0.2) is 24.3 Å². The van der Waals surface area contributed by atoms with Crippen LogP contribution in [0.25, 0.3) is 0 Å². The minimum Gasteiger partial charge on any atom is -0.356 e. The number of hydrogen-bond acceptors (Lipinski definition) is 2. The van der Waals surface area contributed by atoms with Gasteiger partial charge in [0.1, 0.15) is 5.82 Å². The van der Waals surface area contributed by atoms with E-state index in [-0.39, 0.29) is 37.1 Å². The summed E-state index contributed by atoms with van der Waals surface area (Å²) in [5, 5.41) is 2.80. The van der Waals surface area contributed by atoms with Gasteiger partial charge in [-0.15, -0.1) is 0 Å². The molecule has 0 aliphatic carbocycles. The molecule has 0 aliphatic heterocycles. The molecule has 1 aromatic carbocycles. The molecule has 116 valence electrons. The Morgan fingerprint density at radius 1 is 1.29 bits per heavy atom. The number of nitrogens with zero attached hydrogens (tertiary/aromatic N) is 1. The van der Waals surface area contributed by atoms with E-state index in [9.17, 15) is 14.0 Å². The number of nitrogens with one attached hydrogen (secondary N) is 1. The lowest BCUT2D eigenvalue weighted by Crippen LogP contribution is -2.34. The minimum absolute atomic E-state index is 0.0940. The van der Waals surface area contributed by atoms with Gasteiger partial charge in [-0.05, 0) is 12.0 Å². The zero-order chi connectivity index (χ0) is 15.8. The lowest BCUT2D eigenvalue weighted by atomic mass is 10.2. The number of hydrogen-bond donors (Lipinski definition) is 1. The number of carbonyl (C=O) groups excluding carboxylic acids is 2. The highest BCUT2D eigenvalue weighted by molar-refractivity contribution is 5.78. The molecule has 1 N–H and O–H groups in total. The van der Waals surface area contributed by atoms with Crippen molar-refractivity contribution >= 4 is 11.8 Å². The molecule has 2 amide bonds. The van der Waals surface area contributed by atoms with Crippen LogP contribution in [0.2, 0.25) is 0 Å². The van der Waals surface area contributed by atoms with Crippen molar-refractivity contribution < 1.29 is 14.0 Å². The largest absolute Gasteiger partial charge is 0.356 e. The van der Waals surface area contributed by atoms with Gasteiger partial charge in [0.25, 0.3) is 0 Å². The first-order valence-corrected chi connectivity index (χ1v) is 7.15. The highest BCUT2D eigenvalue weighted by atomic mass is 19.1. The summed E-state index contributed by atoms with van der Waals surface area (Å²) in [5.41, 5.74) is 0.454. The fraction of sp³-hybridized carbons (Fsp3) is 0.500. The molecule has 1 aromatic rings. The number of benzene rings is 1. The van der Waals surface area contributed by atoms with E-state index in [4.69, 9.17) is 0 Å². The molecular formula is C16H23FN2O2. The van der Waals surface area contributed by atoms with Crippen molar-refractivity contribution in [3.05, 3.63) is 35.6 Å². The van der Waals surface area contributed by atoms with E-state index in [0.717, 1.165) is 0 Å². The molecule has 0 aliphatic rings. The SMILES string of the molecule is CC(=O)N(CCC(=O)NCC(C)C)Cc1ccccc1F. The third kappa shape index (κ3) is 6.38. The van der Waals surface area contributed by atoms with Gasteiger partial charge in [-0.3, -0.25) is 9.59 Å². The van der Waals surface area contributed by atoms with Crippen LogP contribution in [-0.4, -0.2) is 29.8 Å². The van der Waals surface area contributed by atoms with Gasteiger partial charge < -0.3 is 10.2 Å². The van der Waals surface area contributed by atoms with E-state index in [0.29, 0.717) is 18.0 Å². The highest BCUT2D eigenvalue weighted by Crippen LogP contribution is 2.10. The summed E-state index contributed by atoms with van der Waals surface area (Å²) in [4.78, 5) is 24.8.